The van der Waals surface area contributed by atoms with Crippen molar-refractivity contribution in [2.45, 2.75) is 0 Å². The zero-order valence-corrected chi connectivity index (χ0v) is 12.8. The van der Waals surface area contributed by atoms with Crippen molar-refractivity contribution in [2.24, 2.45) is 4.99 Å². The van der Waals surface area contributed by atoms with E-state index in [0.717, 1.165) is 0 Å². The van der Waals surface area contributed by atoms with Crippen molar-refractivity contribution in [2.75, 3.05) is 0 Å². The molecule has 0 radical (unpaired) electrons. The van der Waals surface area contributed by atoms with Gasteiger partial charge in [0.05, 0.1) is 0 Å². The van der Waals surface area contributed by atoms with Gasteiger partial charge in [0.2, 0.25) is 0 Å². The van der Waals surface area contributed by atoms with Gasteiger partial charge in [0.15, 0.2) is 5.16 Å². The second-order valence-corrected chi connectivity index (χ2v) is 8.92. The third kappa shape index (κ3) is 4.82. The van der Waals surface area contributed by atoms with Crippen LogP contribution in [0.1, 0.15) is 5.56 Å². The predicted molar refractivity (Wildman–Crippen MR) is 76.9 cm³/mol. The van der Waals surface area contributed by atoms with Crippen molar-refractivity contribution in [1.29, 1.82) is 0 Å². The molecule has 17 heavy (non-hydrogen) atoms. The largest absolute Gasteiger partial charge is 0.296 e. The molecule has 0 saturated heterocycles. The maximum atomic E-state index is 11.2. The van der Waals surface area contributed by atoms with E-state index in [2.05, 4.69) is 4.99 Å². The van der Waals surface area contributed by atoms with E-state index in [4.69, 9.17) is 57.3 Å². The van der Waals surface area contributed by atoms with Crippen LogP contribution in [-0.4, -0.2) is 5.17 Å². The van der Waals surface area contributed by atoms with Crippen LogP contribution in [-0.2, 0) is 4.57 Å². The molecule has 0 spiro atoms. The summed E-state index contributed by atoms with van der Waals surface area (Å²) in [5.41, 5.74) is 0.635. The highest BCUT2D eigenvalue weighted by Crippen LogP contribution is 2.66. The number of benzene rings is 1. The van der Waals surface area contributed by atoms with Gasteiger partial charge < -0.3 is 0 Å². The quantitative estimate of drug-likeness (QED) is 0.376. The van der Waals surface area contributed by atoms with Crippen LogP contribution in [0.25, 0.3) is 0 Å². The predicted octanol–water partition coefficient (Wildman–Crippen LogP) is 5.95. The van der Waals surface area contributed by atoms with Crippen LogP contribution >= 0.6 is 63.1 Å². The van der Waals surface area contributed by atoms with Crippen LogP contribution in [0.5, 0.6) is 0 Å². The van der Waals surface area contributed by atoms with Crippen molar-refractivity contribution in [3.05, 3.63) is 45.8 Å². The first-order valence-electron chi connectivity index (χ1n) is 4.17. The lowest BCUT2D eigenvalue weighted by atomic mass is 10.2. The van der Waals surface area contributed by atoms with Crippen molar-refractivity contribution >= 4 is 68.3 Å². The molecular formula is C9H5Cl5NOP. The molecule has 1 aromatic carbocycles. The fraction of sp³-hybridized carbons (Fsp3) is 0. The summed E-state index contributed by atoms with van der Waals surface area (Å²) in [6.07, 6.45) is 0. The van der Waals surface area contributed by atoms with Crippen molar-refractivity contribution < 1.29 is 4.57 Å². The molecule has 0 aliphatic carbocycles. The van der Waals surface area contributed by atoms with Crippen LogP contribution in [0, 0.1) is 0 Å². The SMILES string of the molecule is O=P(Cl)(Cl)/C(Cl)=C(Cl)/N=C(\Cl)c1ccccc1. The van der Waals surface area contributed by atoms with Gasteiger partial charge in [-0.15, -0.1) is 0 Å². The molecule has 0 fully saturated rings. The Bertz CT molecular complexity index is 507. The first kappa shape index (κ1) is 15.4. The fourth-order valence-electron chi connectivity index (χ4n) is 0.880. The van der Waals surface area contributed by atoms with E-state index in [1.165, 1.54) is 0 Å². The standard InChI is InChI=1S/C9H5Cl5NOP/c10-7(6-4-2-1-3-5-6)15-8(11)9(12)17(13,14)16/h1-5H/b9-8+,15-7-. The van der Waals surface area contributed by atoms with Crippen LogP contribution in [0.15, 0.2) is 45.3 Å². The van der Waals surface area contributed by atoms with Gasteiger partial charge in [-0.25, -0.2) is 4.99 Å². The van der Waals surface area contributed by atoms with Gasteiger partial charge in [0.1, 0.15) is 9.94 Å². The molecule has 0 saturated carbocycles. The molecule has 92 valence electrons. The monoisotopic (exact) mass is 349 g/mol. The Hall–Kier alpha value is 0.310. The number of aliphatic imine (C=N–C) groups is 1. The summed E-state index contributed by atoms with van der Waals surface area (Å²) in [7, 11) is 0. The molecule has 1 rings (SSSR count). The molecule has 0 aromatic heterocycles. The van der Waals surface area contributed by atoms with Gasteiger partial charge in [-0.3, -0.25) is 4.57 Å². The molecule has 0 unspecified atom stereocenters. The lowest BCUT2D eigenvalue weighted by Crippen LogP contribution is -1.90. The average molecular weight is 351 g/mol. The van der Waals surface area contributed by atoms with Gasteiger partial charge in [-0.2, -0.15) is 0 Å². The van der Waals surface area contributed by atoms with Gasteiger partial charge >= 0.3 is 0 Å². The van der Waals surface area contributed by atoms with Crippen molar-refractivity contribution in [1.82, 2.24) is 0 Å². The Labute approximate surface area is 123 Å². The number of hydrogen-bond acceptors (Lipinski definition) is 2. The minimum atomic E-state index is -3.67. The summed E-state index contributed by atoms with van der Waals surface area (Å²) in [5.74, 6) is -3.67. The van der Waals surface area contributed by atoms with E-state index < -0.39 is 10.6 Å². The van der Waals surface area contributed by atoms with E-state index in [0.29, 0.717) is 5.56 Å². The molecule has 2 nitrogen and oxygen atoms in total. The summed E-state index contributed by atoms with van der Waals surface area (Å²) in [4.78, 5) is 3.77. The summed E-state index contributed by atoms with van der Waals surface area (Å²) < 4.78 is 10.8. The summed E-state index contributed by atoms with van der Waals surface area (Å²) in [6, 6.07) is 8.83. The topological polar surface area (TPSA) is 29.4 Å². The molecule has 0 atom stereocenters. The van der Waals surface area contributed by atoms with Gasteiger partial charge in [-0.1, -0.05) is 65.1 Å². The minimum Gasteiger partial charge on any atom is -0.283 e. The Morgan fingerprint density at radius 2 is 1.59 bits per heavy atom. The van der Waals surface area contributed by atoms with Gasteiger partial charge in [0.25, 0.3) is 5.85 Å². The highest BCUT2D eigenvalue weighted by molar-refractivity contribution is 8.12. The first-order valence-corrected chi connectivity index (χ1v) is 8.82. The zero-order valence-electron chi connectivity index (χ0n) is 8.08. The van der Waals surface area contributed by atoms with E-state index in [-0.39, 0.29) is 10.3 Å². The maximum Gasteiger partial charge on any atom is 0.296 e. The third-order valence-corrected chi connectivity index (χ3v) is 5.51. The number of hydrogen-bond donors (Lipinski definition) is 0. The molecule has 1 aromatic rings. The second kappa shape index (κ2) is 6.47. The molecule has 0 N–H and O–H groups in total. The van der Waals surface area contributed by atoms with E-state index >= 15 is 0 Å². The van der Waals surface area contributed by atoms with Crippen molar-refractivity contribution in [3.63, 3.8) is 0 Å². The molecular weight excluding hydrogens is 346 g/mol. The highest BCUT2D eigenvalue weighted by Gasteiger charge is 2.23. The summed E-state index contributed by atoms with van der Waals surface area (Å²) in [5, 5.41) is -0.204. The highest BCUT2D eigenvalue weighted by atomic mass is 35.9. The third-order valence-electron chi connectivity index (χ3n) is 1.61. The van der Waals surface area contributed by atoms with E-state index in [1.54, 1.807) is 24.3 Å². The number of halogens is 5. The summed E-state index contributed by atoms with van der Waals surface area (Å²) >= 11 is 27.9. The first-order chi connectivity index (χ1) is 7.82. The molecule has 8 heteroatoms. The molecule has 0 aliphatic rings. The average Bonchev–Trinajstić information content (AvgIpc) is 2.27. The number of nitrogens with zero attached hydrogens (tertiary/aromatic N) is 1. The minimum absolute atomic E-state index is 0.0931. The lowest BCUT2D eigenvalue weighted by Gasteiger charge is -2.01. The van der Waals surface area contributed by atoms with Gasteiger partial charge in [-0.05, 0) is 22.5 Å². The zero-order chi connectivity index (χ0) is 13.1. The fourth-order valence-corrected chi connectivity index (χ4v) is 2.62. The summed E-state index contributed by atoms with van der Waals surface area (Å²) in [6.45, 7) is 0. The normalized spacial score (nSPS) is 14.5. The second-order valence-electron chi connectivity index (χ2n) is 2.81. The van der Waals surface area contributed by atoms with Crippen molar-refractivity contribution in [3.8, 4) is 0 Å². The Morgan fingerprint density at radius 3 is 2.06 bits per heavy atom. The molecule has 0 bridgehead atoms. The van der Waals surface area contributed by atoms with Crippen LogP contribution in [0.3, 0.4) is 0 Å². The Kier molecular flexibility index (Phi) is 5.85. The molecule has 0 amide bonds. The molecule has 0 aliphatic heterocycles. The molecule has 0 heterocycles. The Morgan fingerprint density at radius 1 is 1.06 bits per heavy atom. The smallest absolute Gasteiger partial charge is 0.283 e. The van der Waals surface area contributed by atoms with Crippen LogP contribution in [0.2, 0.25) is 0 Å². The maximum absolute atomic E-state index is 11.2. The van der Waals surface area contributed by atoms with Crippen LogP contribution in [0.4, 0.5) is 0 Å². The van der Waals surface area contributed by atoms with Crippen LogP contribution < -0.4 is 0 Å². The Balaban J connectivity index is 3.10. The van der Waals surface area contributed by atoms with E-state index in [9.17, 15) is 4.57 Å². The lowest BCUT2D eigenvalue weighted by molar-refractivity contribution is 0.596. The van der Waals surface area contributed by atoms with E-state index in [1.807, 2.05) is 6.07 Å². The van der Waals surface area contributed by atoms with Gasteiger partial charge in [0, 0.05) is 5.56 Å². The number of rotatable bonds is 3.